The largest absolute Gasteiger partial charge is 0.490 e. The van der Waals surface area contributed by atoms with Gasteiger partial charge in [-0.05, 0) is 104 Å². The third-order valence-electron chi connectivity index (χ3n) is 10.1. The van der Waals surface area contributed by atoms with Gasteiger partial charge in [-0.3, -0.25) is 0 Å². The monoisotopic (exact) mass is 562 g/mol. The molecule has 1 aromatic rings. The molecule has 1 unspecified atom stereocenters. The zero-order valence-electron chi connectivity index (χ0n) is 25.8. The first kappa shape index (κ1) is 31.6. The van der Waals surface area contributed by atoms with E-state index >= 15 is 0 Å². The Bertz CT molecular complexity index is 1040. The van der Waals surface area contributed by atoms with Gasteiger partial charge >= 0.3 is 5.97 Å². The van der Waals surface area contributed by atoms with Crippen molar-refractivity contribution in [2.24, 2.45) is 23.7 Å². The van der Waals surface area contributed by atoms with Crippen molar-refractivity contribution in [3.05, 3.63) is 65.3 Å². The molecule has 3 aliphatic carbocycles. The van der Waals surface area contributed by atoms with Crippen molar-refractivity contribution in [3.63, 3.8) is 0 Å². The Kier molecular flexibility index (Phi) is 12.6. The number of aliphatic hydroxyl groups is 1. The second kappa shape index (κ2) is 16.3. The van der Waals surface area contributed by atoms with Gasteiger partial charge in [-0.2, -0.15) is 0 Å². The highest BCUT2D eigenvalue weighted by Gasteiger charge is 2.32. The Labute approximate surface area is 249 Å². The van der Waals surface area contributed by atoms with Gasteiger partial charge in [0.2, 0.25) is 0 Å². The predicted octanol–water partition coefficient (Wildman–Crippen LogP) is 8.88. The minimum absolute atomic E-state index is 0.0542. The van der Waals surface area contributed by atoms with E-state index in [2.05, 4.69) is 50.8 Å². The van der Waals surface area contributed by atoms with E-state index in [1.807, 2.05) is 6.07 Å². The van der Waals surface area contributed by atoms with Crippen LogP contribution in [0.25, 0.3) is 0 Å². The summed E-state index contributed by atoms with van der Waals surface area (Å²) in [6.07, 6.45) is 26.7. The number of allylic oxidation sites excluding steroid dienone is 4. The molecule has 0 spiro atoms. The molecule has 0 heterocycles. The molecule has 4 rings (SSSR count). The number of hydrogen-bond acceptors (Lipinski definition) is 4. The van der Waals surface area contributed by atoms with Crippen LogP contribution >= 0.6 is 0 Å². The maximum Gasteiger partial charge on any atom is 0.335 e. The third kappa shape index (κ3) is 9.08. The number of esters is 1. The molecular weight excluding hydrogens is 508 g/mol. The molecule has 2 saturated carbocycles. The number of ether oxygens (including phenoxy) is 2. The van der Waals surface area contributed by atoms with Gasteiger partial charge in [0.05, 0.1) is 12.2 Å². The van der Waals surface area contributed by atoms with Crippen LogP contribution in [0, 0.1) is 23.7 Å². The summed E-state index contributed by atoms with van der Waals surface area (Å²) in [6.45, 7) is 7.98. The number of benzene rings is 1. The first-order chi connectivity index (χ1) is 20.0. The van der Waals surface area contributed by atoms with Crippen LogP contribution in [0.15, 0.2) is 54.2 Å². The second-order valence-corrected chi connectivity index (χ2v) is 12.8. The Morgan fingerprint density at radius 1 is 0.976 bits per heavy atom. The van der Waals surface area contributed by atoms with Crippen molar-refractivity contribution in [1.82, 2.24) is 0 Å². The molecule has 0 saturated heterocycles. The lowest BCUT2D eigenvalue weighted by molar-refractivity contribution is -0.140. The smallest absolute Gasteiger partial charge is 0.335 e. The topological polar surface area (TPSA) is 55.8 Å². The van der Waals surface area contributed by atoms with Crippen molar-refractivity contribution in [2.45, 2.75) is 110 Å². The van der Waals surface area contributed by atoms with Gasteiger partial charge in [0.1, 0.15) is 19.0 Å². The van der Waals surface area contributed by atoms with Crippen molar-refractivity contribution >= 4 is 5.97 Å². The molecule has 4 heteroatoms. The van der Waals surface area contributed by atoms with Crippen LogP contribution in [0.1, 0.15) is 114 Å². The third-order valence-corrected chi connectivity index (χ3v) is 10.1. The Morgan fingerprint density at radius 2 is 1.71 bits per heavy atom. The number of aliphatic hydroxyl groups excluding tert-OH is 1. The molecule has 1 atom stereocenters. The van der Waals surface area contributed by atoms with Crippen molar-refractivity contribution in [1.29, 1.82) is 0 Å². The number of carbonyl (C=O) groups is 1. The van der Waals surface area contributed by atoms with Crippen LogP contribution < -0.4 is 4.74 Å². The molecule has 0 amide bonds. The molecule has 1 aromatic carbocycles. The van der Waals surface area contributed by atoms with Gasteiger partial charge in [-0.1, -0.05) is 83.2 Å². The van der Waals surface area contributed by atoms with Crippen LogP contribution in [0.3, 0.4) is 0 Å². The maximum atomic E-state index is 11.6. The number of unbranched alkanes of at least 4 members (excludes halogenated alkanes) is 2. The summed E-state index contributed by atoms with van der Waals surface area (Å²) in [5.74, 6) is 4.37. The number of rotatable bonds is 14. The van der Waals surface area contributed by atoms with Crippen LogP contribution in [0.2, 0.25) is 0 Å². The van der Waals surface area contributed by atoms with Crippen LogP contribution in [-0.2, 0) is 16.0 Å². The molecule has 0 aliphatic heterocycles. The van der Waals surface area contributed by atoms with Gasteiger partial charge in [0, 0.05) is 5.92 Å². The van der Waals surface area contributed by atoms with E-state index in [1.165, 1.54) is 88.2 Å². The first-order valence-electron chi connectivity index (χ1n) is 16.6. The highest BCUT2D eigenvalue weighted by Crippen LogP contribution is 2.45. The lowest BCUT2D eigenvalue weighted by Crippen LogP contribution is -2.26. The summed E-state index contributed by atoms with van der Waals surface area (Å²) in [5.41, 5.74) is 4.32. The summed E-state index contributed by atoms with van der Waals surface area (Å²) >= 11 is 0. The van der Waals surface area contributed by atoms with Crippen LogP contribution in [0.4, 0.5) is 0 Å². The fourth-order valence-electron chi connectivity index (χ4n) is 7.53. The SMILES string of the molecule is C=C(CO)C(=O)OCCOc1ccc(C2C=CC(C3CCC(C4CCC(CCCCC)CC4)CC3)=CC2)c(CC)c1. The zero-order valence-corrected chi connectivity index (χ0v) is 25.8. The Hall–Kier alpha value is -2.33. The fraction of sp³-hybridized carbons (Fsp3) is 0.649. The molecule has 226 valence electrons. The van der Waals surface area contributed by atoms with Gasteiger partial charge < -0.3 is 14.6 Å². The molecule has 0 radical (unpaired) electrons. The average molecular weight is 563 g/mol. The highest BCUT2D eigenvalue weighted by atomic mass is 16.6. The molecule has 0 aromatic heterocycles. The lowest BCUT2D eigenvalue weighted by atomic mass is 9.67. The van der Waals surface area contributed by atoms with Crippen LogP contribution in [0.5, 0.6) is 5.75 Å². The molecule has 4 nitrogen and oxygen atoms in total. The first-order valence-corrected chi connectivity index (χ1v) is 16.6. The van der Waals surface area contributed by atoms with E-state index in [-0.39, 0.29) is 18.8 Å². The van der Waals surface area contributed by atoms with Crippen molar-refractivity contribution in [2.75, 3.05) is 19.8 Å². The van der Waals surface area contributed by atoms with E-state index in [9.17, 15) is 4.79 Å². The fourth-order valence-corrected chi connectivity index (χ4v) is 7.53. The minimum atomic E-state index is -0.583. The molecule has 3 aliphatic rings. The molecule has 41 heavy (non-hydrogen) atoms. The van der Waals surface area contributed by atoms with Crippen molar-refractivity contribution in [3.8, 4) is 5.75 Å². The van der Waals surface area contributed by atoms with Crippen molar-refractivity contribution < 1.29 is 19.4 Å². The van der Waals surface area contributed by atoms with E-state index < -0.39 is 12.6 Å². The summed E-state index contributed by atoms with van der Waals surface area (Å²) in [5, 5.41) is 8.96. The summed E-state index contributed by atoms with van der Waals surface area (Å²) in [6, 6.07) is 6.35. The molecule has 0 bridgehead atoms. The number of hydrogen-bond donors (Lipinski definition) is 1. The zero-order chi connectivity index (χ0) is 29.0. The quantitative estimate of drug-likeness (QED) is 0.140. The van der Waals surface area contributed by atoms with Gasteiger partial charge in [0.25, 0.3) is 0 Å². The van der Waals surface area contributed by atoms with Gasteiger partial charge in [-0.25, -0.2) is 4.79 Å². The van der Waals surface area contributed by atoms with E-state index in [1.54, 1.807) is 5.57 Å². The maximum absolute atomic E-state index is 11.6. The minimum Gasteiger partial charge on any atom is -0.490 e. The van der Waals surface area contributed by atoms with Crippen LogP contribution in [-0.4, -0.2) is 30.9 Å². The summed E-state index contributed by atoms with van der Waals surface area (Å²) < 4.78 is 10.9. The van der Waals surface area contributed by atoms with Gasteiger partial charge in [-0.15, -0.1) is 0 Å². The highest BCUT2D eigenvalue weighted by molar-refractivity contribution is 5.87. The Balaban J connectivity index is 1.20. The summed E-state index contributed by atoms with van der Waals surface area (Å²) in [4.78, 5) is 11.6. The number of carbonyl (C=O) groups excluding carboxylic acids is 1. The lowest BCUT2D eigenvalue weighted by Gasteiger charge is -2.38. The van der Waals surface area contributed by atoms with E-state index in [0.717, 1.165) is 42.3 Å². The Morgan fingerprint density at radius 3 is 2.34 bits per heavy atom. The average Bonchev–Trinajstić information content (AvgIpc) is 3.03. The molecule has 1 N–H and O–H groups in total. The second-order valence-electron chi connectivity index (χ2n) is 12.8. The number of aryl methyl sites for hydroxylation is 1. The van der Waals surface area contributed by atoms with E-state index in [0.29, 0.717) is 5.92 Å². The molecular formula is C37H54O4. The van der Waals surface area contributed by atoms with Gasteiger partial charge in [0.15, 0.2) is 0 Å². The van der Waals surface area contributed by atoms with E-state index in [4.69, 9.17) is 14.6 Å². The summed E-state index contributed by atoms with van der Waals surface area (Å²) in [7, 11) is 0. The molecule has 2 fully saturated rings. The standard InChI is InChI=1S/C37H54O4/c1-4-6-7-8-28-9-11-30(12-10-28)31-13-15-32(16-14-31)33-17-19-34(20-18-33)36-22-21-35(25-29(36)5-2)40-23-24-41-37(39)27(3)26-38/h17-19,21-22,25,28,30-32,34,38H,3-16,20,23-24,26H2,1-2H3. The normalized spacial score (nSPS) is 26.3. The predicted molar refractivity (Wildman–Crippen MR) is 168 cm³/mol.